The van der Waals surface area contributed by atoms with Crippen LogP contribution in [0.4, 0.5) is 0 Å². The zero-order chi connectivity index (χ0) is 7.84. The van der Waals surface area contributed by atoms with Gasteiger partial charge in [-0.05, 0) is 19.3 Å². The standard InChI is InChI=1S/C8H13NO2/c10-7-3-4-9-6(5-7)1-2-8(9)11/h6-7,10H,1-5H2/t6-,7-/m0/s1. The first-order valence-electron chi connectivity index (χ1n) is 4.25. The number of hydrogen-bond donors (Lipinski definition) is 1. The minimum absolute atomic E-state index is 0.165. The molecule has 2 aliphatic rings. The van der Waals surface area contributed by atoms with Crippen LogP contribution in [0, 0.1) is 0 Å². The van der Waals surface area contributed by atoms with E-state index in [0.29, 0.717) is 12.5 Å². The molecule has 1 amide bonds. The molecular weight excluding hydrogens is 142 g/mol. The van der Waals surface area contributed by atoms with Gasteiger partial charge in [0.05, 0.1) is 6.10 Å². The van der Waals surface area contributed by atoms with Crippen LogP contribution in [0.25, 0.3) is 0 Å². The van der Waals surface area contributed by atoms with Gasteiger partial charge in [0.2, 0.25) is 5.91 Å². The summed E-state index contributed by atoms with van der Waals surface area (Å²) in [5.41, 5.74) is 0. The minimum atomic E-state index is -0.165. The van der Waals surface area contributed by atoms with Crippen molar-refractivity contribution in [1.82, 2.24) is 4.90 Å². The summed E-state index contributed by atoms with van der Waals surface area (Å²) in [7, 11) is 0. The van der Waals surface area contributed by atoms with Gasteiger partial charge in [0.1, 0.15) is 0 Å². The number of carbonyl (C=O) groups is 1. The molecule has 0 bridgehead atoms. The maximum atomic E-state index is 11.2. The molecule has 11 heavy (non-hydrogen) atoms. The van der Waals surface area contributed by atoms with Crippen LogP contribution < -0.4 is 0 Å². The topological polar surface area (TPSA) is 40.5 Å². The first-order valence-corrected chi connectivity index (χ1v) is 4.25. The molecule has 2 aliphatic heterocycles. The Bertz CT molecular complexity index is 181. The molecule has 0 aliphatic carbocycles. The molecule has 2 heterocycles. The molecule has 0 saturated carbocycles. The molecule has 0 aromatic carbocycles. The van der Waals surface area contributed by atoms with Crippen LogP contribution in [0.3, 0.4) is 0 Å². The number of aliphatic hydroxyl groups is 1. The number of fused-ring (bicyclic) bond motifs is 1. The monoisotopic (exact) mass is 155 g/mol. The van der Waals surface area contributed by atoms with Crippen molar-refractivity contribution in [2.75, 3.05) is 6.54 Å². The summed E-state index contributed by atoms with van der Waals surface area (Å²) in [6, 6.07) is 0.353. The predicted molar refractivity (Wildman–Crippen MR) is 40.0 cm³/mol. The first-order chi connectivity index (χ1) is 5.27. The van der Waals surface area contributed by atoms with E-state index in [2.05, 4.69) is 0 Å². The van der Waals surface area contributed by atoms with E-state index in [4.69, 9.17) is 0 Å². The Hall–Kier alpha value is -0.570. The van der Waals surface area contributed by atoms with Gasteiger partial charge in [-0.2, -0.15) is 0 Å². The van der Waals surface area contributed by atoms with Crippen molar-refractivity contribution in [2.24, 2.45) is 0 Å². The van der Waals surface area contributed by atoms with Gasteiger partial charge in [-0.3, -0.25) is 4.79 Å². The lowest BCUT2D eigenvalue weighted by Crippen LogP contribution is -2.42. The third-order valence-electron chi connectivity index (χ3n) is 2.70. The quantitative estimate of drug-likeness (QED) is 0.540. The molecular formula is C8H13NO2. The summed E-state index contributed by atoms with van der Waals surface area (Å²) in [5, 5.41) is 9.30. The van der Waals surface area contributed by atoms with Crippen LogP contribution in [0.15, 0.2) is 0 Å². The van der Waals surface area contributed by atoms with Crippen molar-refractivity contribution in [3.8, 4) is 0 Å². The second-order valence-electron chi connectivity index (χ2n) is 3.46. The van der Waals surface area contributed by atoms with E-state index in [0.717, 1.165) is 25.8 Å². The maximum absolute atomic E-state index is 11.2. The number of nitrogens with zero attached hydrogens (tertiary/aromatic N) is 1. The number of rotatable bonds is 0. The van der Waals surface area contributed by atoms with Gasteiger partial charge in [0, 0.05) is 19.0 Å². The third kappa shape index (κ3) is 1.13. The van der Waals surface area contributed by atoms with E-state index < -0.39 is 0 Å². The van der Waals surface area contributed by atoms with E-state index in [1.807, 2.05) is 4.90 Å². The lowest BCUT2D eigenvalue weighted by atomic mass is 10.0. The van der Waals surface area contributed by atoms with Crippen LogP contribution in [-0.4, -0.2) is 34.6 Å². The summed E-state index contributed by atoms with van der Waals surface area (Å²) in [5.74, 6) is 0.280. The molecule has 3 heteroatoms. The first kappa shape index (κ1) is 7.10. The fourth-order valence-corrected chi connectivity index (χ4v) is 2.07. The lowest BCUT2D eigenvalue weighted by Gasteiger charge is -2.32. The van der Waals surface area contributed by atoms with E-state index in [1.54, 1.807) is 0 Å². The van der Waals surface area contributed by atoms with Gasteiger partial charge in [0.25, 0.3) is 0 Å². The molecule has 62 valence electrons. The smallest absolute Gasteiger partial charge is 0.222 e. The second kappa shape index (κ2) is 2.48. The number of piperidine rings is 1. The number of hydrogen-bond acceptors (Lipinski definition) is 2. The molecule has 0 spiro atoms. The second-order valence-corrected chi connectivity index (χ2v) is 3.46. The van der Waals surface area contributed by atoms with Crippen molar-refractivity contribution >= 4 is 5.91 Å². The molecule has 1 N–H and O–H groups in total. The maximum Gasteiger partial charge on any atom is 0.222 e. The highest BCUT2D eigenvalue weighted by Gasteiger charge is 2.35. The molecule has 3 nitrogen and oxygen atoms in total. The highest BCUT2D eigenvalue weighted by Crippen LogP contribution is 2.27. The molecule has 0 unspecified atom stereocenters. The number of aliphatic hydroxyl groups excluding tert-OH is 1. The SMILES string of the molecule is O=C1CC[C@H]2C[C@@H](O)CCN12. The molecule has 0 radical (unpaired) electrons. The van der Waals surface area contributed by atoms with Crippen LogP contribution in [0.2, 0.25) is 0 Å². The highest BCUT2D eigenvalue weighted by molar-refractivity contribution is 5.78. The number of amides is 1. The molecule has 2 saturated heterocycles. The summed E-state index contributed by atoms with van der Waals surface area (Å²) in [6.07, 6.45) is 3.04. The van der Waals surface area contributed by atoms with Crippen molar-refractivity contribution in [2.45, 2.75) is 37.8 Å². The van der Waals surface area contributed by atoms with Crippen LogP contribution in [0.1, 0.15) is 25.7 Å². The summed E-state index contributed by atoms with van der Waals surface area (Å²) >= 11 is 0. The van der Waals surface area contributed by atoms with Gasteiger partial charge < -0.3 is 10.0 Å². The normalized spacial score (nSPS) is 37.5. The highest BCUT2D eigenvalue weighted by atomic mass is 16.3. The molecule has 2 rings (SSSR count). The van der Waals surface area contributed by atoms with Gasteiger partial charge in [-0.25, -0.2) is 0 Å². The molecule has 0 aromatic heterocycles. The largest absolute Gasteiger partial charge is 0.393 e. The Labute approximate surface area is 66.0 Å². The average molecular weight is 155 g/mol. The van der Waals surface area contributed by atoms with Crippen molar-refractivity contribution in [3.05, 3.63) is 0 Å². The summed E-state index contributed by atoms with van der Waals surface area (Å²) in [4.78, 5) is 13.1. The Morgan fingerprint density at radius 2 is 2.27 bits per heavy atom. The summed E-state index contributed by atoms with van der Waals surface area (Å²) < 4.78 is 0. The van der Waals surface area contributed by atoms with Crippen LogP contribution in [0.5, 0.6) is 0 Å². The zero-order valence-electron chi connectivity index (χ0n) is 6.49. The Kier molecular flexibility index (Phi) is 1.60. The number of carbonyl (C=O) groups excluding carboxylic acids is 1. The van der Waals surface area contributed by atoms with Crippen molar-refractivity contribution in [1.29, 1.82) is 0 Å². The van der Waals surface area contributed by atoms with E-state index in [1.165, 1.54) is 0 Å². The van der Waals surface area contributed by atoms with Gasteiger partial charge >= 0.3 is 0 Å². The Balaban J connectivity index is 2.06. The Morgan fingerprint density at radius 1 is 1.45 bits per heavy atom. The Morgan fingerprint density at radius 3 is 3.09 bits per heavy atom. The minimum Gasteiger partial charge on any atom is -0.393 e. The van der Waals surface area contributed by atoms with Gasteiger partial charge in [-0.1, -0.05) is 0 Å². The lowest BCUT2D eigenvalue weighted by molar-refractivity contribution is -0.130. The molecule has 0 aromatic rings. The zero-order valence-corrected chi connectivity index (χ0v) is 6.49. The van der Waals surface area contributed by atoms with Crippen molar-refractivity contribution in [3.63, 3.8) is 0 Å². The molecule has 2 atom stereocenters. The van der Waals surface area contributed by atoms with Crippen molar-refractivity contribution < 1.29 is 9.90 Å². The van der Waals surface area contributed by atoms with E-state index >= 15 is 0 Å². The fraction of sp³-hybridized carbons (Fsp3) is 0.875. The summed E-state index contributed by atoms with van der Waals surface area (Å²) in [6.45, 7) is 0.769. The predicted octanol–water partition coefficient (Wildman–Crippen LogP) is 0.132. The van der Waals surface area contributed by atoms with Gasteiger partial charge in [0.15, 0.2) is 0 Å². The molecule has 2 fully saturated rings. The third-order valence-corrected chi connectivity index (χ3v) is 2.70. The average Bonchev–Trinajstić information content (AvgIpc) is 2.32. The van der Waals surface area contributed by atoms with E-state index in [9.17, 15) is 9.90 Å². The van der Waals surface area contributed by atoms with Gasteiger partial charge in [-0.15, -0.1) is 0 Å². The van der Waals surface area contributed by atoms with Crippen LogP contribution in [-0.2, 0) is 4.79 Å². The van der Waals surface area contributed by atoms with E-state index in [-0.39, 0.29) is 12.0 Å². The fourth-order valence-electron chi connectivity index (χ4n) is 2.07. The van der Waals surface area contributed by atoms with Crippen LogP contribution >= 0.6 is 0 Å².